The summed E-state index contributed by atoms with van der Waals surface area (Å²) >= 11 is 10.7. The van der Waals surface area contributed by atoms with E-state index in [2.05, 4.69) is 33.9 Å². The number of hydrogen-bond acceptors (Lipinski definition) is 4. The SMILES string of the molecule is CC(C)(C)[Si](C)(C)OCCOCCCl.OCCOCCCl. The predicted octanol–water partition coefficient (Wildman–Crippen LogP) is 3.50. The Bertz CT molecular complexity index is 220. The van der Waals surface area contributed by atoms with Crippen molar-refractivity contribution in [2.75, 3.05) is 51.4 Å². The van der Waals surface area contributed by atoms with Gasteiger partial charge in [-0.05, 0) is 18.1 Å². The second-order valence-corrected chi connectivity index (χ2v) is 11.5. The van der Waals surface area contributed by atoms with Crippen molar-refractivity contribution in [3.63, 3.8) is 0 Å². The molecule has 0 amide bonds. The fourth-order valence-electron chi connectivity index (χ4n) is 0.950. The third-order valence-corrected chi connectivity index (χ3v) is 8.02. The second kappa shape index (κ2) is 14.2. The number of halogens is 2. The summed E-state index contributed by atoms with van der Waals surface area (Å²) in [5.41, 5.74) is 0. The van der Waals surface area contributed by atoms with E-state index in [0.717, 1.165) is 0 Å². The highest BCUT2D eigenvalue weighted by Gasteiger charge is 2.36. The number of ether oxygens (including phenoxy) is 2. The van der Waals surface area contributed by atoms with Crippen LogP contribution in [-0.4, -0.2) is 64.8 Å². The van der Waals surface area contributed by atoms with Crippen LogP contribution in [-0.2, 0) is 13.9 Å². The van der Waals surface area contributed by atoms with Crippen molar-refractivity contribution in [1.29, 1.82) is 0 Å². The van der Waals surface area contributed by atoms with Crippen LogP contribution in [0.3, 0.4) is 0 Å². The van der Waals surface area contributed by atoms with E-state index in [1.54, 1.807) is 0 Å². The smallest absolute Gasteiger partial charge is 0.192 e. The lowest BCUT2D eigenvalue weighted by Crippen LogP contribution is -2.41. The lowest BCUT2D eigenvalue weighted by Gasteiger charge is -2.36. The van der Waals surface area contributed by atoms with Crippen LogP contribution in [0, 0.1) is 0 Å². The topological polar surface area (TPSA) is 47.9 Å². The van der Waals surface area contributed by atoms with Crippen molar-refractivity contribution in [2.24, 2.45) is 0 Å². The van der Waals surface area contributed by atoms with E-state index < -0.39 is 8.32 Å². The summed E-state index contributed by atoms with van der Waals surface area (Å²) in [5, 5.41) is 8.40. The molecule has 4 nitrogen and oxygen atoms in total. The van der Waals surface area contributed by atoms with Gasteiger partial charge in [0, 0.05) is 11.8 Å². The molecule has 21 heavy (non-hydrogen) atoms. The summed E-state index contributed by atoms with van der Waals surface area (Å²) in [6.07, 6.45) is 0. The summed E-state index contributed by atoms with van der Waals surface area (Å²) in [4.78, 5) is 0. The first-order valence-corrected chi connectivity index (χ1v) is 11.2. The van der Waals surface area contributed by atoms with Crippen LogP contribution in [0.25, 0.3) is 0 Å². The highest BCUT2D eigenvalue weighted by molar-refractivity contribution is 6.74. The Morgan fingerprint density at radius 1 is 0.857 bits per heavy atom. The van der Waals surface area contributed by atoms with Crippen LogP contribution in [0.4, 0.5) is 0 Å². The van der Waals surface area contributed by atoms with Crippen LogP contribution >= 0.6 is 23.2 Å². The molecule has 0 aromatic carbocycles. The van der Waals surface area contributed by atoms with Crippen LogP contribution < -0.4 is 0 Å². The van der Waals surface area contributed by atoms with Gasteiger partial charge in [0.2, 0.25) is 0 Å². The number of hydrogen-bond donors (Lipinski definition) is 1. The Morgan fingerprint density at radius 3 is 1.71 bits per heavy atom. The zero-order valence-electron chi connectivity index (χ0n) is 14.1. The van der Waals surface area contributed by atoms with E-state index >= 15 is 0 Å². The van der Waals surface area contributed by atoms with Crippen LogP contribution in [0.5, 0.6) is 0 Å². The molecule has 0 unspecified atom stereocenters. The summed E-state index contributed by atoms with van der Waals surface area (Å²) in [5.74, 6) is 1.06. The molecule has 0 atom stereocenters. The van der Waals surface area contributed by atoms with Crippen molar-refractivity contribution in [3.8, 4) is 0 Å². The van der Waals surface area contributed by atoms with Gasteiger partial charge in [-0.3, -0.25) is 0 Å². The van der Waals surface area contributed by atoms with Crippen molar-refractivity contribution >= 4 is 31.5 Å². The van der Waals surface area contributed by atoms with E-state index in [1.165, 1.54) is 0 Å². The number of aliphatic hydroxyl groups is 1. The number of alkyl halides is 2. The molecule has 1 N–H and O–H groups in total. The maximum Gasteiger partial charge on any atom is 0.192 e. The maximum absolute atomic E-state index is 8.12. The normalized spacial score (nSPS) is 12.0. The van der Waals surface area contributed by atoms with Crippen LogP contribution in [0.15, 0.2) is 0 Å². The fraction of sp³-hybridized carbons (Fsp3) is 1.00. The molecule has 130 valence electrons. The number of rotatable bonds is 10. The largest absolute Gasteiger partial charge is 0.414 e. The lowest BCUT2D eigenvalue weighted by atomic mass is 10.2. The molecular formula is C14H32Cl2O4Si. The molecule has 0 aromatic rings. The average Bonchev–Trinajstić information content (AvgIpc) is 2.38. The van der Waals surface area contributed by atoms with Gasteiger partial charge in [0.1, 0.15) is 0 Å². The van der Waals surface area contributed by atoms with Gasteiger partial charge in [0.05, 0.1) is 39.6 Å². The molecule has 0 heterocycles. The van der Waals surface area contributed by atoms with Gasteiger partial charge < -0.3 is 19.0 Å². The van der Waals surface area contributed by atoms with E-state index in [9.17, 15) is 0 Å². The summed E-state index contributed by atoms with van der Waals surface area (Å²) in [6, 6.07) is 0. The van der Waals surface area contributed by atoms with Gasteiger partial charge in [-0.25, -0.2) is 0 Å². The average molecular weight is 363 g/mol. The van der Waals surface area contributed by atoms with E-state index in [4.69, 9.17) is 42.2 Å². The molecule has 7 heteroatoms. The standard InChI is InChI=1S/C10H23ClO2Si.C4H9ClO2/c1-10(2,3)14(4,5)13-9-8-12-7-6-11;5-1-3-7-4-2-6/h6-9H2,1-5H3;6H,1-4H2. The molecule has 0 radical (unpaired) electrons. The molecule has 0 aliphatic rings. The summed E-state index contributed by atoms with van der Waals surface area (Å²) in [6.45, 7) is 14.2. The highest BCUT2D eigenvalue weighted by atomic mass is 35.5. The quantitative estimate of drug-likeness (QED) is 0.367. The molecule has 0 fully saturated rings. The Morgan fingerprint density at radius 2 is 1.33 bits per heavy atom. The monoisotopic (exact) mass is 362 g/mol. The molecule has 0 saturated heterocycles. The third-order valence-electron chi connectivity index (χ3n) is 3.18. The van der Waals surface area contributed by atoms with Crippen molar-refractivity contribution in [1.82, 2.24) is 0 Å². The van der Waals surface area contributed by atoms with Gasteiger partial charge >= 0.3 is 0 Å². The Balaban J connectivity index is 0. The van der Waals surface area contributed by atoms with Gasteiger partial charge in [-0.15, -0.1) is 23.2 Å². The van der Waals surface area contributed by atoms with Crippen molar-refractivity contribution in [3.05, 3.63) is 0 Å². The van der Waals surface area contributed by atoms with E-state index in [0.29, 0.717) is 44.8 Å². The minimum atomic E-state index is -1.58. The predicted molar refractivity (Wildman–Crippen MR) is 93.3 cm³/mol. The fourth-order valence-corrected chi connectivity index (χ4v) is 2.19. The molecule has 0 saturated carbocycles. The number of aliphatic hydroxyl groups excluding tert-OH is 1. The molecule has 0 aliphatic carbocycles. The third kappa shape index (κ3) is 15.3. The Kier molecular flexibility index (Phi) is 16.2. The molecular weight excluding hydrogens is 331 g/mol. The zero-order valence-corrected chi connectivity index (χ0v) is 16.6. The molecule has 0 bridgehead atoms. The van der Waals surface area contributed by atoms with E-state index in [1.807, 2.05) is 0 Å². The molecule has 0 aromatic heterocycles. The molecule has 0 aliphatic heterocycles. The first-order valence-electron chi connectivity index (χ1n) is 7.25. The molecule has 0 rings (SSSR count). The maximum atomic E-state index is 8.12. The Hall–Kier alpha value is 0.637. The second-order valence-electron chi connectivity index (χ2n) is 5.94. The highest BCUT2D eigenvalue weighted by Crippen LogP contribution is 2.36. The van der Waals surface area contributed by atoms with Gasteiger partial charge in [-0.1, -0.05) is 20.8 Å². The van der Waals surface area contributed by atoms with Gasteiger partial charge in [0.15, 0.2) is 8.32 Å². The summed E-state index contributed by atoms with van der Waals surface area (Å²) in [7, 11) is -1.58. The van der Waals surface area contributed by atoms with Crippen LogP contribution in [0.1, 0.15) is 20.8 Å². The van der Waals surface area contributed by atoms with Gasteiger partial charge in [-0.2, -0.15) is 0 Å². The summed E-state index contributed by atoms with van der Waals surface area (Å²) < 4.78 is 15.9. The van der Waals surface area contributed by atoms with Crippen molar-refractivity contribution < 1.29 is 19.0 Å². The molecule has 0 spiro atoms. The minimum Gasteiger partial charge on any atom is -0.414 e. The zero-order chi connectivity index (χ0) is 16.8. The Labute approximate surface area is 141 Å². The first-order chi connectivity index (χ1) is 9.72. The van der Waals surface area contributed by atoms with E-state index in [-0.39, 0.29) is 11.6 Å². The van der Waals surface area contributed by atoms with Gasteiger partial charge in [0.25, 0.3) is 0 Å². The lowest BCUT2D eigenvalue weighted by molar-refractivity contribution is 0.103. The van der Waals surface area contributed by atoms with Crippen molar-refractivity contribution in [2.45, 2.75) is 38.9 Å². The first kappa shape index (κ1) is 23.9. The van der Waals surface area contributed by atoms with Crippen LogP contribution in [0.2, 0.25) is 18.1 Å². The minimum absolute atomic E-state index is 0.0802.